The summed E-state index contributed by atoms with van der Waals surface area (Å²) in [6, 6.07) is 0. The van der Waals surface area contributed by atoms with Gasteiger partial charge in [-0.1, -0.05) is 18.7 Å². The molecular weight excluding hydrogens is 240 g/mol. The van der Waals surface area contributed by atoms with E-state index in [2.05, 4.69) is 24.1 Å². The number of aliphatic hydroxyl groups excluding tert-OH is 1. The van der Waals surface area contributed by atoms with E-state index in [0.717, 1.165) is 29.5 Å². The topological polar surface area (TPSA) is 45.1 Å². The van der Waals surface area contributed by atoms with Crippen LogP contribution in [-0.4, -0.2) is 34.5 Å². The highest BCUT2D eigenvalue weighted by Gasteiger charge is 2.21. The molecule has 0 radical (unpaired) electrons. The molecule has 0 saturated carbocycles. The van der Waals surface area contributed by atoms with Gasteiger partial charge in [0.25, 0.3) is 0 Å². The summed E-state index contributed by atoms with van der Waals surface area (Å²) < 4.78 is 1.11. The zero-order valence-electron chi connectivity index (χ0n) is 9.90. The number of aliphatic hydroxyl groups is 1. The van der Waals surface area contributed by atoms with Gasteiger partial charge in [-0.25, -0.2) is 4.98 Å². The van der Waals surface area contributed by atoms with Gasteiger partial charge in [-0.15, -0.1) is 11.3 Å². The quantitative estimate of drug-likeness (QED) is 0.704. The van der Waals surface area contributed by atoms with Gasteiger partial charge in [-0.05, 0) is 26.3 Å². The number of nitrogens with zero attached hydrogens (tertiary/aromatic N) is 1. The normalized spacial score (nSPS) is 14.9. The molecule has 2 N–H and O–H groups in total. The van der Waals surface area contributed by atoms with Crippen molar-refractivity contribution in [3.05, 3.63) is 11.6 Å². The number of nitrogens with one attached hydrogen (secondary N) is 1. The van der Waals surface area contributed by atoms with Gasteiger partial charge in [0.2, 0.25) is 0 Å². The van der Waals surface area contributed by atoms with Crippen molar-refractivity contribution in [1.82, 2.24) is 10.3 Å². The lowest BCUT2D eigenvalue weighted by Gasteiger charge is -2.28. The summed E-state index contributed by atoms with van der Waals surface area (Å²) in [6.45, 7) is 5.35. The molecule has 1 atom stereocenters. The molecule has 0 spiro atoms. The lowest BCUT2D eigenvalue weighted by molar-refractivity contribution is 0.171. The lowest BCUT2D eigenvalue weighted by atomic mass is 10.0. The van der Waals surface area contributed by atoms with Crippen LogP contribution in [0.5, 0.6) is 0 Å². The summed E-state index contributed by atoms with van der Waals surface area (Å²) >= 11 is 3.43. The molecule has 92 valence electrons. The molecule has 0 aliphatic heterocycles. The van der Waals surface area contributed by atoms with E-state index in [9.17, 15) is 5.11 Å². The van der Waals surface area contributed by atoms with Crippen LogP contribution in [0.25, 0.3) is 0 Å². The highest BCUT2D eigenvalue weighted by Crippen LogP contribution is 2.23. The Morgan fingerprint density at radius 3 is 3.00 bits per heavy atom. The van der Waals surface area contributed by atoms with Gasteiger partial charge < -0.3 is 10.4 Å². The molecule has 0 fully saturated rings. The minimum Gasteiger partial charge on any atom is -0.394 e. The molecule has 0 bridgehead atoms. The maximum atomic E-state index is 9.38. The number of hydrogen-bond donors (Lipinski definition) is 2. The van der Waals surface area contributed by atoms with E-state index >= 15 is 0 Å². The summed E-state index contributed by atoms with van der Waals surface area (Å²) in [5.74, 6) is 0.987. The molecule has 1 heterocycles. The van der Waals surface area contributed by atoms with Crippen molar-refractivity contribution in [2.24, 2.45) is 0 Å². The minimum atomic E-state index is -0.153. The first-order valence-electron chi connectivity index (χ1n) is 5.58. The van der Waals surface area contributed by atoms with E-state index < -0.39 is 0 Å². The Balaban J connectivity index is 2.27. The fourth-order valence-corrected chi connectivity index (χ4v) is 3.21. The third kappa shape index (κ3) is 4.82. The Labute approximate surface area is 106 Å². The molecule has 5 heteroatoms. The first kappa shape index (κ1) is 14.0. The summed E-state index contributed by atoms with van der Waals surface area (Å²) in [4.78, 5) is 4.22. The van der Waals surface area contributed by atoms with Crippen LogP contribution in [0.2, 0.25) is 0 Å². The maximum absolute atomic E-state index is 9.38. The minimum absolute atomic E-state index is 0.153. The van der Waals surface area contributed by atoms with E-state index in [-0.39, 0.29) is 12.1 Å². The fourth-order valence-electron chi connectivity index (χ4n) is 1.30. The second kappa shape index (κ2) is 7.27. The van der Waals surface area contributed by atoms with Crippen LogP contribution in [0.15, 0.2) is 15.9 Å². The van der Waals surface area contributed by atoms with Crippen molar-refractivity contribution in [1.29, 1.82) is 0 Å². The first-order chi connectivity index (χ1) is 7.70. The maximum Gasteiger partial charge on any atom is 0.149 e. The van der Waals surface area contributed by atoms with E-state index in [1.807, 2.05) is 11.6 Å². The van der Waals surface area contributed by atoms with Gasteiger partial charge in [-0.2, -0.15) is 0 Å². The second-order valence-electron chi connectivity index (χ2n) is 4.04. The smallest absolute Gasteiger partial charge is 0.149 e. The molecule has 1 unspecified atom stereocenters. The zero-order chi connectivity index (χ0) is 11.9. The van der Waals surface area contributed by atoms with Crippen LogP contribution in [-0.2, 0) is 0 Å². The van der Waals surface area contributed by atoms with Crippen molar-refractivity contribution in [2.45, 2.75) is 36.6 Å². The van der Waals surface area contributed by atoms with E-state index in [4.69, 9.17) is 0 Å². The SMILES string of the molecule is CCCNC(C)(CO)CCSc1nccs1. The van der Waals surface area contributed by atoms with Gasteiger partial charge >= 0.3 is 0 Å². The molecule has 0 aliphatic carbocycles. The number of aromatic nitrogens is 1. The van der Waals surface area contributed by atoms with Crippen LogP contribution in [0.1, 0.15) is 26.7 Å². The monoisotopic (exact) mass is 260 g/mol. The number of hydrogen-bond acceptors (Lipinski definition) is 5. The van der Waals surface area contributed by atoms with Gasteiger partial charge in [-0.3, -0.25) is 0 Å². The van der Waals surface area contributed by atoms with E-state index in [0.29, 0.717) is 0 Å². The summed E-state index contributed by atoms with van der Waals surface area (Å²) in [5.41, 5.74) is -0.153. The molecule has 0 saturated heterocycles. The Kier molecular flexibility index (Phi) is 6.34. The van der Waals surface area contributed by atoms with Crippen molar-refractivity contribution < 1.29 is 5.11 Å². The number of rotatable bonds is 8. The summed E-state index contributed by atoms with van der Waals surface area (Å²) in [7, 11) is 0. The van der Waals surface area contributed by atoms with Gasteiger partial charge in [0.15, 0.2) is 0 Å². The van der Waals surface area contributed by atoms with E-state index in [1.165, 1.54) is 0 Å². The van der Waals surface area contributed by atoms with Crippen LogP contribution in [0.3, 0.4) is 0 Å². The highest BCUT2D eigenvalue weighted by molar-refractivity contribution is 8.00. The Bertz CT molecular complexity index is 280. The molecule has 1 rings (SSSR count). The van der Waals surface area contributed by atoms with Gasteiger partial charge in [0, 0.05) is 22.9 Å². The molecule has 3 nitrogen and oxygen atoms in total. The molecule has 0 aliphatic rings. The van der Waals surface area contributed by atoms with Gasteiger partial charge in [0.05, 0.1) is 6.61 Å². The second-order valence-corrected chi connectivity index (χ2v) is 6.28. The number of thioether (sulfide) groups is 1. The third-order valence-electron chi connectivity index (χ3n) is 2.44. The molecule has 1 aromatic heterocycles. The number of thiazole rings is 1. The largest absolute Gasteiger partial charge is 0.394 e. The highest BCUT2D eigenvalue weighted by atomic mass is 32.2. The van der Waals surface area contributed by atoms with Crippen molar-refractivity contribution in [2.75, 3.05) is 18.9 Å². The Hall–Kier alpha value is -0.100. The lowest BCUT2D eigenvalue weighted by Crippen LogP contribution is -2.46. The Morgan fingerprint density at radius 1 is 1.62 bits per heavy atom. The third-order valence-corrected chi connectivity index (χ3v) is 4.41. The predicted molar refractivity (Wildman–Crippen MR) is 71.2 cm³/mol. The first-order valence-corrected chi connectivity index (χ1v) is 7.45. The van der Waals surface area contributed by atoms with E-state index in [1.54, 1.807) is 23.1 Å². The molecule has 1 aromatic rings. The van der Waals surface area contributed by atoms with Gasteiger partial charge in [0.1, 0.15) is 4.34 Å². The molecule has 16 heavy (non-hydrogen) atoms. The molecular formula is C11H20N2OS2. The standard InChI is InChI=1S/C11H20N2OS2/c1-3-5-13-11(2,9-14)4-7-15-10-12-6-8-16-10/h6,8,13-14H,3-5,7,9H2,1-2H3. The molecule has 0 amide bonds. The Morgan fingerprint density at radius 2 is 2.44 bits per heavy atom. The van der Waals surface area contributed by atoms with Crippen LogP contribution >= 0.6 is 23.1 Å². The predicted octanol–water partition coefficient (Wildman–Crippen LogP) is 2.38. The summed E-state index contributed by atoms with van der Waals surface area (Å²) in [5, 5.41) is 14.8. The van der Waals surface area contributed by atoms with Crippen LogP contribution in [0.4, 0.5) is 0 Å². The summed E-state index contributed by atoms with van der Waals surface area (Å²) in [6.07, 6.45) is 3.87. The van der Waals surface area contributed by atoms with Crippen molar-refractivity contribution in [3.8, 4) is 0 Å². The zero-order valence-corrected chi connectivity index (χ0v) is 11.5. The average Bonchev–Trinajstić information content (AvgIpc) is 2.79. The fraction of sp³-hybridized carbons (Fsp3) is 0.727. The van der Waals surface area contributed by atoms with Crippen molar-refractivity contribution in [3.63, 3.8) is 0 Å². The van der Waals surface area contributed by atoms with Crippen LogP contribution < -0.4 is 5.32 Å². The van der Waals surface area contributed by atoms with Crippen molar-refractivity contribution >= 4 is 23.1 Å². The van der Waals surface area contributed by atoms with Crippen LogP contribution in [0, 0.1) is 0 Å². The molecule has 0 aromatic carbocycles. The average molecular weight is 260 g/mol.